The molecule has 0 unspecified atom stereocenters. The van der Waals surface area contributed by atoms with Crippen LogP contribution < -0.4 is 11.2 Å². The summed E-state index contributed by atoms with van der Waals surface area (Å²) in [5.74, 6) is 0. The second kappa shape index (κ2) is 6.60. The zero-order chi connectivity index (χ0) is 9.40. The Morgan fingerprint density at radius 3 is 2.83 bits per heavy atom. The number of carbonyl (C=O) groups excluding carboxylic acids is 1. The van der Waals surface area contributed by atoms with Gasteiger partial charge in [0.2, 0.25) is 0 Å². The van der Waals surface area contributed by atoms with E-state index in [9.17, 15) is 4.79 Å². The average Bonchev–Trinajstić information content (AvgIpc) is 2.10. The summed E-state index contributed by atoms with van der Waals surface area (Å²) in [5, 5.41) is 3.66. The molecule has 0 aliphatic heterocycles. The van der Waals surface area contributed by atoms with Crippen molar-refractivity contribution in [2.24, 2.45) is 10.8 Å². The number of amides is 1. The van der Waals surface area contributed by atoms with Gasteiger partial charge in [0.05, 0.1) is 6.61 Å². The molecule has 0 bridgehead atoms. The Kier molecular flexibility index (Phi) is 6.00. The summed E-state index contributed by atoms with van der Waals surface area (Å²) >= 11 is 0. The average molecular weight is 173 g/mol. The Bertz CT molecular complexity index is 168. The van der Waals surface area contributed by atoms with Crippen LogP contribution in [0.3, 0.4) is 0 Å². The van der Waals surface area contributed by atoms with Gasteiger partial charge < -0.3 is 10.5 Å². The van der Waals surface area contributed by atoms with Crippen molar-refractivity contribution in [2.75, 3.05) is 13.2 Å². The van der Waals surface area contributed by atoms with Gasteiger partial charge in [-0.2, -0.15) is 5.10 Å². The molecule has 0 heterocycles. The number of nitrogens with zero attached hydrogens (tertiary/aromatic N) is 1. The summed E-state index contributed by atoms with van der Waals surface area (Å²) in [6.07, 6.45) is 0.261. The molecule has 5 heteroatoms. The number of rotatable bonds is 4. The molecule has 0 aliphatic rings. The highest BCUT2D eigenvalue weighted by atomic mass is 16.5. The molecule has 12 heavy (non-hydrogen) atoms. The van der Waals surface area contributed by atoms with Crippen molar-refractivity contribution in [3.8, 4) is 0 Å². The fraction of sp³-hybridized carbons (Fsp3) is 0.714. The number of carbonyl (C=O) groups is 1. The van der Waals surface area contributed by atoms with E-state index in [1.807, 2.05) is 6.92 Å². The van der Waals surface area contributed by atoms with Gasteiger partial charge in [0.1, 0.15) is 0 Å². The summed E-state index contributed by atoms with van der Waals surface area (Å²) in [7, 11) is 0. The number of nitrogens with two attached hydrogens (primary N) is 1. The summed E-state index contributed by atoms with van der Waals surface area (Å²) in [4.78, 5) is 10.7. The summed E-state index contributed by atoms with van der Waals surface area (Å²) in [6.45, 7) is 4.37. The Hall–Kier alpha value is -1.10. The Morgan fingerprint density at radius 2 is 2.33 bits per heavy atom. The molecule has 1 amide bonds. The highest BCUT2D eigenvalue weighted by molar-refractivity contribution is 5.84. The molecule has 0 spiro atoms. The number of nitrogens with one attached hydrogen (secondary N) is 1. The molecule has 0 radical (unpaired) electrons. The van der Waals surface area contributed by atoms with E-state index in [1.54, 1.807) is 6.92 Å². The molecule has 3 N–H and O–H groups in total. The monoisotopic (exact) mass is 173 g/mol. The molecule has 0 aliphatic carbocycles. The van der Waals surface area contributed by atoms with E-state index in [4.69, 9.17) is 5.73 Å². The minimum absolute atomic E-state index is 0.327. The molecule has 5 nitrogen and oxygen atoms in total. The van der Waals surface area contributed by atoms with E-state index in [0.717, 1.165) is 6.42 Å². The van der Waals surface area contributed by atoms with Gasteiger partial charge in [0.25, 0.3) is 0 Å². The highest BCUT2D eigenvalue weighted by Gasteiger charge is 1.97. The summed E-state index contributed by atoms with van der Waals surface area (Å²) in [6, 6.07) is 0. The number of hydrogen-bond acceptors (Lipinski definition) is 4. The first-order chi connectivity index (χ1) is 5.70. The van der Waals surface area contributed by atoms with Crippen molar-refractivity contribution < 1.29 is 9.53 Å². The summed E-state index contributed by atoms with van der Waals surface area (Å²) < 4.78 is 4.69. The second-order valence-corrected chi connectivity index (χ2v) is 2.30. The first-order valence-electron chi connectivity index (χ1n) is 3.86. The molecule has 70 valence electrons. The Labute approximate surface area is 72.0 Å². The summed E-state index contributed by atoms with van der Waals surface area (Å²) in [5.41, 5.74) is 8.11. The van der Waals surface area contributed by atoms with Crippen LogP contribution in [0.1, 0.15) is 20.3 Å². The maximum atomic E-state index is 10.7. The molecular formula is C7H15N3O2. The fourth-order valence-electron chi connectivity index (χ4n) is 0.414. The number of ether oxygens (including phenoxy) is 1. The van der Waals surface area contributed by atoms with Crippen LogP contribution in [0.5, 0.6) is 0 Å². The third-order valence-corrected chi connectivity index (χ3v) is 1.07. The van der Waals surface area contributed by atoms with Crippen molar-refractivity contribution >= 4 is 11.8 Å². The molecular weight excluding hydrogens is 158 g/mol. The van der Waals surface area contributed by atoms with Crippen molar-refractivity contribution in [3.05, 3.63) is 0 Å². The van der Waals surface area contributed by atoms with Crippen LogP contribution in [0.2, 0.25) is 0 Å². The Morgan fingerprint density at radius 1 is 1.67 bits per heavy atom. The SMILES string of the molecule is CCCOC(=O)NN=C(C)CN. The van der Waals surface area contributed by atoms with E-state index < -0.39 is 6.09 Å². The molecule has 0 aromatic carbocycles. The maximum absolute atomic E-state index is 10.7. The number of hydrogen-bond donors (Lipinski definition) is 2. The van der Waals surface area contributed by atoms with Crippen molar-refractivity contribution in [3.63, 3.8) is 0 Å². The lowest BCUT2D eigenvalue weighted by Crippen LogP contribution is -2.22. The second-order valence-electron chi connectivity index (χ2n) is 2.30. The Balaban J connectivity index is 3.56. The van der Waals surface area contributed by atoms with Crippen LogP contribution >= 0.6 is 0 Å². The molecule has 0 atom stereocenters. The first-order valence-corrected chi connectivity index (χ1v) is 3.86. The van der Waals surface area contributed by atoms with Gasteiger partial charge in [-0.3, -0.25) is 0 Å². The van der Waals surface area contributed by atoms with Gasteiger partial charge >= 0.3 is 6.09 Å². The van der Waals surface area contributed by atoms with Crippen LogP contribution in [0.25, 0.3) is 0 Å². The van der Waals surface area contributed by atoms with Gasteiger partial charge in [-0.15, -0.1) is 0 Å². The molecule has 0 saturated heterocycles. The standard InChI is InChI=1S/C7H15N3O2/c1-3-4-12-7(11)10-9-6(2)5-8/h3-5,8H2,1-2H3,(H,10,11). The zero-order valence-corrected chi connectivity index (χ0v) is 7.46. The van der Waals surface area contributed by atoms with Gasteiger partial charge in [-0.25, -0.2) is 10.2 Å². The minimum Gasteiger partial charge on any atom is -0.448 e. The van der Waals surface area contributed by atoms with E-state index in [-0.39, 0.29) is 0 Å². The van der Waals surface area contributed by atoms with E-state index in [1.165, 1.54) is 0 Å². The quantitative estimate of drug-likeness (QED) is 0.479. The lowest BCUT2D eigenvalue weighted by Gasteiger charge is -2.01. The molecule has 0 aromatic rings. The van der Waals surface area contributed by atoms with Crippen molar-refractivity contribution in [2.45, 2.75) is 20.3 Å². The van der Waals surface area contributed by atoms with Crippen LogP contribution in [-0.4, -0.2) is 25.0 Å². The maximum Gasteiger partial charge on any atom is 0.427 e. The third kappa shape index (κ3) is 5.67. The smallest absolute Gasteiger partial charge is 0.427 e. The van der Waals surface area contributed by atoms with Crippen LogP contribution in [0.4, 0.5) is 4.79 Å². The first kappa shape index (κ1) is 10.9. The van der Waals surface area contributed by atoms with Crippen LogP contribution in [0, 0.1) is 0 Å². The highest BCUT2D eigenvalue weighted by Crippen LogP contribution is 1.81. The largest absolute Gasteiger partial charge is 0.448 e. The minimum atomic E-state index is -0.537. The van der Waals surface area contributed by atoms with Crippen LogP contribution in [-0.2, 0) is 4.74 Å². The fourth-order valence-corrected chi connectivity index (χ4v) is 0.414. The lowest BCUT2D eigenvalue weighted by atomic mass is 10.4. The molecule has 0 rings (SSSR count). The predicted molar refractivity (Wildman–Crippen MR) is 46.9 cm³/mol. The predicted octanol–water partition coefficient (Wildman–Crippen LogP) is 0.457. The van der Waals surface area contributed by atoms with E-state index in [0.29, 0.717) is 18.9 Å². The molecule has 0 aromatic heterocycles. The van der Waals surface area contributed by atoms with Gasteiger partial charge in [0, 0.05) is 12.3 Å². The third-order valence-electron chi connectivity index (χ3n) is 1.07. The molecule has 0 saturated carbocycles. The molecule has 0 fully saturated rings. The van der Waals surface area contributed by atoms with Gasteiger partial charge in [-0.1, -0.05) is 6.92 Å². The van der Waals surface area contributed by atoms with Gasteiger partial charge in [0.15, 0.2) is 0 Å². The van der Waals surface area contributed by atoms with E-state index in [2.05, 4.69) is 15.3 Å². The zero-order valence-electron chi connectivity index (χ0n) is 7.46. The normalized spacial score (nSPS) is 11.1. The van der Waals surface area contributed by atoms with Crippen LogP contribution in [0.15, 0.2) is 5.10 Å². The lowest BCUT2D eigenvalue weighted by molar-refractivity contribution is 0.146. The van der Waals surface area contributed by atoms with E-state index >= 15 is 0 Å². The van der Waals surface area contributed by atoms with Crippen molar-refractivity contribution in [1.29, 1.82) is 0 Å². The number of hydrazone groups is 1. The topological polar surface area (TPSA) is 76.7 Å². The van der Waals surface area contributed by atoms with Crippen molar-refractivity contribution in [1.82, 2.24) is 5.43 Å². The van der Waals surface area contributed by atoms with Gasteiger partial charge in [-0.05, 0) is 13.3 Å².